The fourth-order valence-electron chi connectivity index (χ4n) is 3.13. The molecule has 0 aliphatic carbocycles. The normalized spacial score (nSPS) is 18.6. The van der Waals surface area contributed by atoms with Gasteiger partial charge in [0, 0.05) is 24.2 Å². The molecule has 1 fully saturated rings. The van der Waals surface area contributed by atoms with E-state index in [1.807, 2.05) is 30.3 Å². The van der Waals surface area contributed by atoms with Gasteiger partial charge in [-0.3, -0.25) is 0 Å². The van der Waals surface area contributed by atoms with Crippen LogP contribution in [-0.2, 0) is 0 Å². The van der Waals surface area contributed by atoms with Gasteiger partial charge in [0.05, 0.1) is 5.56 Å². The SMILES string of the molecule is CCC1CCN(c2ccc(C(=O)O)c3ccccc23)C1. The van der Waals surface area contributed by atoms with Gasteiger partial charge >= 0.3 is 5.97 Å². The van der Waals surface area contributed by atoms with E-state index in [9.17, 15) is 9.90 Å². The van der Waals surface area contributed by atoms with Crippen molar-refractivity contribution in [1.82, 2.24) is 0 Å². The van der Waals surface area contributed by atoms with Crippen LogP contribution in [0.3, 0.4) is 0 Å². The van der Waals surface area contributed by atoms with Crippen LogP contribution in [0.4, 0.5) is 5.69 Å². The third-order valence-corrected chi connectivity index (χ3v) is 4.34. The smallest absolute Gasteiger partial charge is 0.336 e. The molecule has 1 heterocycles. The molecule has 2 aromatic carbocycles. The average molecular weight is 269 g/mol. The number of fused-ring (bicyclic) bond motifs is 1. The fourth-order valence-corrected chi connectivity index (χ4v) is 3.13. The van der Waals surface area contributed by atoms with Crippen LogP contribution >= 0.6 is 0 Å². The minimum atomic E-state index is -0.861. The van der Waals surface area contributed by atoms with Gasteiger partial charge in [0.2, 0.25) is 0 Å². The van der Waals surface area contributed by atoms with Gasteiger partial charge in [-0.2, -0.15) is 0 Å². The molecule has 1 N–H and O–H groups in total. The summed E-state index contributed by atoms with van der Waals surface area (Å²) in [7, 11) is 0. The van der Waals surface area contributed by atoms with E-state index >= 15 is 0 Å². The van der Waals surface area contributed by atoms with Crippen LogP contribution in [0.15, 0.2) is 36.4 Å². The number of hydrogen-bond acceptors (Lipinski definition) is 2. The maximum absolute atomic E-state index is 11.3. The summed E-state index contributed by atoms with van der Waals surface area (Å²) in [5.41, 5.74) is 1.55. The molecule has 1 atom stereocenters. The minimum Gasteiger partial charge on any atom is -0.478 e. The van der Waals surface area contributed by atoms with Crippen LogP contribution in [0.1, 0.15) is 30.1 Å². The second-order valence-electron chi connectivity index (χ2n) is 5.49. The van der Waals surface area contributed by atoms with E-state index < -0.39 is 5.97 Å². The van der Waals surface area contributed by atoms with Gasteiger partial charge in [-0.1, -0.05) is 37.6 Å². The summed E-state index contributed by atoms with van der Waals surface area (Å²) in [6.45, 7) is 4.38. The zero-order valence-electron chi connectivity index (χ0n) is 11.7. The molecule has 1 aliphatic rings. The molecule has 3 nitrogen and oxygen atoms in total. The lowest BCUT2D eigenvalue weighted by atomic mass is 10.0. The Balaban J connectivity index is 2.09. The molecular formula is C17H19NO2. The van der Waals surface area contributed by atoms with Gasteiger partial charge in [0.25, 0.3) is 0 Å². The van der Waals surface area contributed by atoms with E-state index in [1.54, 1.807) is 6.07 Å². The van der Waals surface area contributed by atoms with Gasteiger partial charge in [-0.25, -0.2) is 4.79 Å². The Morgan fingerprint density at radius 3 is 2.65 bits per heavy atom. The number of carbonyl (C=O) groups is 1. The Kier molecular flexibility index (Phi) is 3.35. The predicted octanol–water partition coefficient (Wildman–Crippen LogP) is 3.77. The summed E-state index contributed by atoms with van der Waals surface area (Å²) < 4.78 is 0. The third-order valence-electron chi connectivity index (χ3n) is 4.34. The fraction of sp³-hybridized carbons (Fsp3) is 0.353. The highest BCUT2D eigenvalue weighted by Crippen LogP contribution is 2.33. The highest BCUT2D eigenvalue weighted by atomic mass is 16.4. The van der Waals surface area contributed by atoms with Gasteiger partial charge in [-0.15, -0.1) is 0 Å². The van der Waals surface area contributed by atoms with Crippen molar-refractivity contribution < 1.29 is 9.90 Å². The summed E-state index contributed by atoms with van der Waals surface area (Å²) in [6.07, 6.45) is 2.44. The number of hydrogen-bond donors (Lipinski definition) is 1. The first-order valence-corrected chi connectivity index (χ1v) is 7.20. The molecule has 0 amide bonds. The first kappa shape index (κ1) is 13.0. The third kappa shape index (κ3) is 2.13. The van der Waals surface area contributed by atoms with Crippen LogP contribution in [0.5, 0.6) is 0 Å². The maximum Gasteiger partial charge on any atom is 0.336 e. The van der Waals surface area contributed by atoms with Gasteiger partial charge in [0.1, 0.15) is 0 Å². The number of carboxylic acids is 1. The molecule has 0 bridgehead atoms. The monoisotopic (exact) mass is 269 g/mol. The topological polar surface area (TPSA) is 40.5 Å². The van der Waals surface area contributed by atoms with Crippen molar-refractivity contribution in [3.05, 3.63) is 42.0 Å². The van der Waals surface area contributed by atoms with Crippen molar-refractivity contribution in [1.29, 1.82) is 0 Å². The molecule has 20 heavy (non-hydrogen) atoms. The standard InChI is InChI=1S/C17H19NO2/c1-2-12-9-10-18(11-12)16-8-7-15(17(19)20)13-5-3-4-6-14(13)16/h3-8,12H,2,9-11H2,1H3,(H,19,20). The van der Waals surface area contributed by atoms with E-state index in [0.29, 0.717) is 5.56 Å². The second kappa shape index (κ2) is 5.16. The Labute approximate surface area is 118 Å². The first-order valence-electron chi connectivity index (χ1n) is 7.20. The van der Waals surface area contributed by atoms with Crippen LogP contribution in [0, 0.1) is 5.92 Å². The van der Waals surface area contributed by atoms with Crippen molar-refractivity contribution in [3.63, 3.8) is 0 Å². The molecule has 1 saturated heterocycles. The van der Waals surface area contributed by atoms with Crippen molar-refractivity contribution in [3.8, 4) is 0 Å². The summed E-state index contributed by atoms with van der Waals surface area (Å²) >= 11 is 0. The van der Waals surface area contributed by atoms with E-state index in [4.69, 9.17) is 0 Å². The van der Waals surface area contributed by atoms with Crippen molar-refractivity contribution in [2.45, 2.75) is 19.8 Å². The number of rotatable bonds is 3. The average Bonchev–Trinajstić information content (AvgIpc) is 2.94. The molecule has 104 valence electrons. The number of anilines is 1. The zero-order valence-corrected chi connectivity index (χ0v) is 11.7. The summed E-state index contributed by atoms with van der Waals surface area (Å²) in [5, 5.41) is 11.2. The molecule has 0 radical (unpaired) electrons. The zero-order chi connectivity index (χ0) is 14.1. The lowest BCUT2D eigenvalue weighted by Gasteiger charge is -2.21. The highest BCUT2D eigenvalue weighted by Gasteiger charge is 2.23. The molecule has 0 spiro atoms. The Bertz CT molecular complexity index is 650. The Hall–Kier alpha value is -2.03. The van der Waals surface area contributed by atoms with E-state index in [0.717, 1.165) is 29.8 Å². The summed E-state index contributed by atoms with van der Waals surface area (Å²) in [6, 6.07) is 11.5. The number of nitrogens with zero attached hydrogens (tertiary/aromatic N) is 1. The van der Waals surface area contributed by atoms with Crippen LogP contribution in [0.25, 0.3) is 10.8 Å². The van der Waals surface area contributed by atoms with Gasteiger partial charge in [0.15, 0.2) is 0 Å². The van der Waals surface area contributed by atoms with Crippen LogP contribution in [0.2, 0.25) is 0 Å². The molecule has 0 aromatic heterocycles. The Morgan fingerprint density at radius 1 is 1.25 bits per heavy atom. The van der Waals surface area contributed by atoms with Crippen molar-refractivity contribution in [2.24, 2.45) is 5.92 Å². The summed E-state index contributed by atoms with van der Waals surface area (Å²) in [5.74, 6) is -0.103. The molecule has 1 unspecified atom stereocenters. The molecule has 3 rings (SSSR count). The van der Waals surface area contributed by atoms with Crippen molar-refractivity contribution >= 4 is 22.4 Å². The summed E-state index contributed by atoms with van der Waals surface area (Å²) in [4.78, 5) is 13.7. The Morgan fingerprint density at radius 2 is 2.00 bits per heavy atom. The van der Waals surface area contributed by atoms with E-state index in [-0.39, 0.29) is 0 Å². The predicted molar refractivity (Wildman–Crippen MR) is 81.5 cm³/mol. The van der Waals surface area contributed by atoms with Crippen molar-refractivity contribution in [2.75, 3.05) is 18.0 Å². The number of benzene rings is 2. The molecule has 2 aromatic rings. The molecule has 1 aliphatic heterocycles. The lowest BCUT2D eigenvalue weighted by molar-refractivity contribution is 0.0699. The first-order chi connectivity index (χ1) is 9.70. The van der Waals surface area contributed by atoms with E-state index in [2.05, 4.69) is 11.8 Å². The van der Waals surface area contributed by atoms with Crippen LogP contribution in [-0.4, -0.2) is 24.2 Å². The van der Waals surface area contributed by atoms with Gasteiger partial charge < -0.3 is 10.0 Å². The van der Waals surface area contributed by atoms with Crippen LogP contribution < -0.4 is 4.90 Å². The maximum atomic E-state index is 11.3. The minimum absolute atomic E-state index is 0.385. The largest absolute Gasteiger partial charge is 0.478 e. The van der Waals surface area contributed by atoms with E-state index in [1.165, 1.54) is 18.5 Å². The molecule has 3 heteroatoms. The highest BCUT2D eigenvalue weighted by molar-refractivity contribution is 6.07. The quantitative estimate of drug-likeness (QED) is 0.922. The lowest BCUT2D eigenvalue weighted by Crippen LogP contribution is -2.20. The molecular weight excluding hydrogens is 250 g/mol. The van der Waals surface area contributed by atoms with Gasteiger partial charge in [-0.05, 0) is 29.9 Å². The second-order valence-corrected chi connectivity index (χ2v) is 5.49. The number of carboxylic acid groups (broad SMARTS) is 1. The number of aromatic carboxylic acids is 1. The molecule has 0 saturated carbocycles.